The number of hydrogen-bond acceptors (Lipinski definition) is 4. The first-order chi connectivity index (χ1) is 9.83. The number of rotatable bonds is 4. The van der Waals surface area contributed by atoms with Gasteiger partial charge in [0.15, 0.2) is 0 Å². The fraction of sp³-hybridized carbons (Fsp3) is 0.0769. The van der Waals surface area contributed by atoms with Crippen LogP contribution in [0.5, 0.6) is 0 Å². The van der Waals surface area contributed by atoms with Gasteiger partial charge in [0.1, 0.15) is 5.69 Å². The fourth-order valence-corrected chi connectivity index (χ4v) is 2.14. The Kier molecular flexibility index (Phi) is 4.20. The number of aryl methyl sites for hydroxylation is 1. The first-order valence-electron chi connectivity index (χ1n) is 5.99. The number of pyridine rings is 1. The molecule has 0 aliphatic heterocycles. The lowest BCUT2D eigenvalue weighted by atomic mass is 10.2. The van der Waals surface area contributed by atoms with Crippen LogP contribution in [0.25, 0.3) is 0 Å². The molecule has 1 aromatic carbocycles. The summed E-state index contributed by atoms with van der Waals surface area (Å²) in [7, 11) is -3.86. The first-order valence-corrected chi connectivity index (χ1v) is 7.54. The van der Waals surface area contributed by atoms with E-state index in [1.54, 1.807) is 37.3 Å². The zero-order valence-electron chi connectivity index (χ0n) is 11.2. The van der Waals surface area contributed by atoms with Crippen molar-refractivity contribution >= 4 is 27.5 Å². The number of carbonyl (C=O) groups excluding carboxylic acids is 1. The number of amides is 1. The molecule has 4 N–H and O–H groups in total. The number of nitrogens with one attached hydrogen (secondary N) is 2. The van der Waals surface area contributed by atoms with E-state index >= 15 is 0 Å². The number of anilines is 2. The molecule has 1 amide bonds. The van der Waals surface area contributed by atoms with Crippen LogP contribution in [0.15, 0.2) is 42.5 Å². The number of nitrogens with zero attached hydrogens (tertiary/aromatic N) is 1. The van der Waals surface area contributed by atoms with Crippen LogP contribution in [0, 0.1) is 6.92 Å². The summed E-state index contributed by atoms with van der Waals surface area (Å²) in [6.07, 6.45) is 0. The molecule has 1 aromatic heterocycles. The Morgan fingerprint density at radius 3 is 2.48 bits per heavy atom. The number of nitrogens with two attached hydrogens (primary N) is 1. The Morgan fingerprint density at radius 2 is 1.81 bits per heavy atom. The van der Waals surface area contributed by atoms with E-state index in [2.05, 4.69) is 15.0 Å². The zero-order chi connectivity index (χ0) is 15.5. The number of aromatic nitrogens is 1. The van der Waals surface area contributed by atoms with Gasteiger partial charge < -0.3 is 5.32 Å². The van der Waals surface area contributed by atoms with Gasteiger partial charge in [-0.25, -0.2) is 10.1 Å². The van der Waals surface area contributed by atoms with Crippen molar-refractivity contribution in [3.05, 3.63) is 53.9 Å². The molecule has 0 fully saturated rings. The van der Waals surface area contributed by atoms with Crippen molar-refractivity contribution in [2.24, 2.45) is 5.14 Å². The average molecular weight is 306 g/mol. The topological polar surface area (TPSA) is 114 Å². The van der Waals surface area contributed by atoms with Gasteiger partial charge in [0.25, 0.3) is 16.1 Å². The monoisotopic (exact) mass is 306 g/mol. The highest BCUT2D eigenvalue weighted by atomic mass is 32.2. The maximum absolute atomic E-state index is 12.0. The van der Waals surface area contributed by atoms with Crippen LogP contribution in [0.2, 0.25) is 0 Å². The Labute approximate surface area is 122 Å². The lowest BCUT2D eigenvalue weighted by Gasteiger charge is -2.08. The summed E-state index contributed by atoms with van der Waals surface area (Å²) in [6.45, 7) is 1.79. The smallest absolute Gasteiger partial charge is 0.296 e. The summed E-state index contributed by atoms with van der Waals surface area (Å²) in [6, 6.07) is 11.3. The van der Waals surface area contributed by atoms with Crippen molar-refractivity contribution in [3.63, 3.8) is 0 Å². The van der Waals surface area contributed by atoms with E-state index in [9.17, 15) is 13.2 Å². The van der Waals surface area contributed by atoms with Crippen molar-refractivity contribution in [2.75, 3.05) is 10.0 Å². The Bertz CT molecular complexity index is 774. The van der Waals surface area contributed by atoms with Crippen LogP contribution in [0.1, 0.15) is 16.2 Å². The lowest BCUT2D eigenvalue weighted by Crippen LogP contribution is -2.21. The minimum atomic E-state index is -3.86. The second-order valence-corrected chi connectivity index (χ2v) is 5.64. The predicted molar refractivity (Wildman–Crippen MR) is 80.1 cm³/mol. The second-order valence-electron chi connectivity index (χ2n) is 4.35. The van der Waals surface area contributed by atoms with Crippen LogP contribution >= 0.6 is 0 Å². The Hall–Kier alpha value is -2.45. The minimum absolute atomic E-state index is 0.257. The Morgan fingerprint density at radius 1 is 1.14 bits per heavy atom. The molecule has 0 aliphatic rings. The highest BCUT2D eigenvalue weighted by molar-refractivity contribution is 7.90. The van der Waals surface area contributed by atoms with Crippen LogP contribution in [0.3, 0.4) is 0 Å². The van der Waals surface area contributed by atoms with Crippen molar-refractivity contribution in [3.8, 4) is 0 Å². The zero-order valence-corrected chi connectivity index (χ0v) is 12.0. The molecule has 2 rings (SSSR count). The van der Waals surface area contributed by atoms with Gasteiger partial charge in [0.05, 0.1) is 5.69 Å². The third kappa shape index (κ3) is 4.55. The minimum Gasteiger partial charge on any atom is -0.321 e. The van der Waals surface area contributed by atoms with E-state index in [1.165, 1.54) is 12.1 Å². The Balaban J connectivity index is 2.16. The fourth-order valence-electron chi connectivity index (χ4n) is 1.69. The molecule has 2 aromatic rings. The summed E-state index contributed by atoms with van der Waals surface area (Å²) >= 11 is 0. The van der Waals surface area contributed by atoms with Gasteiger partial charge >= 0.3 is 0 Å². The SMILES string of the molecule is Cc1cccc(C(=O)Nc2cccc(NS(N)(=O)=O)c2)n1. The van der Waals surface area contributed by atoms with Crippen molar-refractivity contribution < 1.29 is 13.2 Å². The predicted octanol–water partition coefficient (Wildman–Crippen LogP) is 1.26. The van der Waals surface area contributed by atoms with E-state index in [-0.39, 0.29) is 17.3 Å². The van der Waals surface area contributed by atoms with Gasteiger partial charge in [-0.15, -0.1) is 0 Å². The van der Waals surface area contributed by atoms with Crippen LogP contribution < -0.4 is 15.2 Å². The molecule has 21 heavy (non-hydrogen) atoms. The van der Waals surface area contributed by atoms with E-state index in [0.29, 0.717) is 5.69 Å². The van der Waals surface area contributed by atoms with Gasteiger partial charge in [0.2, 0.25) is 0 Å². The first kappa shape index (κ1) is 14.9. The third-order valence-corrected chi connectivity index (χ3v) is 3.02. The highest BCUT2D eigenvalue weighted by Crippen LogP contribution is 2.16. The van der Waals surface area contributed by atoms with Gasteiger partial charge in [-0.2, -0.15) is 8.42 Å². The molecule has 7 nitrogen and oxygen atoms in total. The van der Waals surface area contributed by atoms with E-state index in [0.717, 1.165) is 5.69 Å². The molecule has 0 saturated heterocycles. The molecule has 110 valence electrons. The quantitative estimate of drug-likeness (QED) is 0.788. The summed E-state index contributed by atoms with van der Waals surface area (Å²) in [5, 5.41) is 7.52. The molecular formula is C13H14N4O3S. The molecule has 0 aliphatic carbocycles. The van der Waals surface area contributed by atoms with Crippen molar-refractivity contribution in [1.29, 1.82) is 0 Å². The van der Waals surface area contributed by atoms with Crippen LogP contribution in [-0.2, 0) is 10.2 Å². The van der Waals surface area contributed by atoms with Gasteiger partial charge in [-0.1, -0.05) is 12.1 Å². The number of carbonyl (C=O) groups is 1. The van der Waals surface area contributed by atoms with E-state index < -0.39 is 10.2 Å². The van der Waals surface area contributed by atoms with Crippen molar-refractivity contribution in [1.82, 2.24) is 4.98 Å². The molecule has 0 radical (unpaired) electrons. The highest BCUT2D eigenvalue weighted by Gasteiger charge is 2.09. The average Bonchev–Trinajstić information content (AvgIpc) is 2.37. The van der Waals surface area contributed by atoms with Gasteiger partial charge in [0, 0.05) is 11.4 Å². The maximum Gasteiger partial charge on any atom is 0.296 e. The van der Waals surface area contributed by atoms with Gasteiger partial charge in [-0.05, 0) is 37.3 Å². The molecule has 0 bridgehead atoms. The second kappa shape index (κ2) is 5.90. The molecule has 8 heteroatoms. The third-order valence-electron chi connectivity index (χ3n) is 2.50. The molecule has 0 saturated carbocycles. The number of benzene rings is 1. The molecular weight excluding hydrogens is 292 g/mol. The lowest BCUT2D eigenvalue weighted by molar-refractivity contribution is 0.102. The van der Waals surface area contributed by atoms with E-state index in [1.807, 2.05) is 0 Å². The standard InChI is InChI=1S/C13H14N4O3S/c1-9-4-2-7-12(15-9)13(18)16-10-5-3-6-11(8-10)17-21(14,19)20/h2-8,17H,1H3,(H,16,18)(H2,14,19,20). The summed E-state index contributed by atoms with van der Waals surface area (Å²) in [4.78, 5) is 16.1. The summed E-state index contributed by atoms with van der Waals surface area (Å²) in [5.41, 5.74) is 1.69. The molecule has 1 heterocycles. The van der Waals surface area contributed by atoms with Gasteiger partial charge in [-0.3, -0.25) is 9.52 Å². The number of hydrogen-bond donors (Lipinski definition) is 3. The van der Waals surface area contributed by atoms with Crippen molar-refractivity contribution in [2.45, 2.75) is 6.92 Å². The van der Waals surface area contributed by atoms with E-state index in [4.69, 9.17) is 5.14 Å². The summed E-state index contributed by atoms with van der Waals surface area (Å²) < 4.78 is 24.1. The molecule has 0 spiro atoms. The normalized spacial score (nSPS) is 11.0. The summed E-state index contributed by atoms with van der Waals surface area (Å²) in [5.74, 6) is -0.383. The molecule has 0 atom stereocenters. The largest absolute Gasteiger partial charge is 0.321 e. The van der Waals surface area contributed by atoms with Crippen LogP contribution in [-0.4, -0.2) is 19.3 Å². The van der Waals surface area contributed by atoms with Crippen LogP contribution in [0.4, 0.5) is 11.4 Å². The maximum atomic E-state index is 12.0. The molecule has 0 unspecified atom stereocenters.